The van der Waals surface area contributed by atoms with Crippen molar-refractivity contribution in [3.63, 3.8) is 0 Å². The molecule has 0 spiro atoms. The Hall–Kier alpha value is -2.09. The Morgan fingerprint density at radius 3 is 2.70 bits per heavy atom. The van der Waals surface area contributed by atoms with Gasteiger partial charge in [0.05, 0.1) is 11.0 Å². The smallest absolute Gasteiger partial charge is 0.401 e. The van der Waals surface area contributed by atoms with Gasteiger partial charge >= 0.3 is 5.88 Å². The van der Waals surface area contributed by atoms with Crippen molar-refractivity contribution in [2.75, 3.05) is 6.54 Å². The van der Waals surface area contributed by atoms with Crippen LogP contribution in [0, 0.1) is 16.0 Å². The van der Waals surface area contributed by atoms with Crippen molar-refractivity contribution < 1.29 is 18.9 Å². The highest BCUT2D eigenvalue weighted by molar-refractivity contribution is 8.18. The van der Waals surface area contributed by atoms with Gasteiger partial charge in [0.25, 0.3) is 11.1 Å². The average molecular weight is 336 g/mol. The van der Waals surface area contributed by atoms with Crippen LogP contribution in [0.1, 0.15) is 37.9 Å². The molecule has 2 amide bonds. The zero-order chi connectivity index (χ0) is 16.4. The van der Waals surface area contributed by atoms with E-state index in [0.717, 1.165) is 37.4 Å². The van der Waals surface area contributed by atoms with Gasteiger partial charge in [0.2, 0.25) is 0 Å². The molecular formula is C15H16N2O5S. The predicted octanol–water partition coefficient (Wildman–Crippen LogP) is 3.80. The van der Waals surface area contributed by atoms with Crippen LogP contribution in [0.2, 0.25) is 0 Å². The number of nitrogens with zero attached hydrogens (tertiary/aromatic N) is 2. The summed E-state index contributed by atoms with van der Waals surface area (Å²) in [6.45, 7) is 0.459. The quantitative estimate of drug-likeness (QED) is 0.471. The third-order valence-corrected chi connectivity index (χ3v) is 5.01. The van der Waals surface area contributed by atoms with Crippen LogP contribution in [0.25, 0.3) is 6.08 Å². The molecule has 0 N–H and O–H groups in total. The minimum atomic E-state index is -0.647. The van der Waals surface area contributed by atoms with E-state index >= 15 is 0 Å². The monoisotopic (exact) mass is 336 g/mol. The first-order chi connectivity index (χ1) is 11.0. The molecule has 122 valence electrons. The summed E-state index contributed by atoms with van der Waals surface area (Å²) in [7, 11) is 0. The lowest BCUT2D eigenvalue weighted by molar-refractivity contribution is -0.402. The highest BCUT2D eigenvalue weighted by Gasteiger charge is 2.36. The van der Waals surface area contributed by atoms with E-state index in [0.29, 0.717) is 12.5 Å². The van der Waals surface area contributed by atoms with Crippen molar-refractivity contribution in [1.82, 2.24) is 4.90 Å². The summed E-state index contributed by atoms with van der Waals surface area (Å²) in [5, 5.41) is 10.3. The van der Waals surface area contributed by atoms with E-state index in [1.165, 1.54) is 29.5 Å². The average Bonchev–Trinajstić information content (AvgIpc) is 3.10. The van der Waals surface area contributed by atoms with Gasteiger partial charge in [-0.25, -0.2) is 0 Å². The molecule has 23 heavy (non-hydrogen) atoms. The zero-order valence-electron chi connectivity index (χ0n) is 12.4. The van der Waals surface area contributed by atoms with Crippen molar-refractivity contribution in [1.29, 1.82) is 0 Å². The Kier molecular flexibility index (Phi) is 4.51. The normalized spacial score (nSPS) is 21.4. The van der Waals surface area contributed by atoms with Crippen LogP contribution in [0.5, 0.6) is 0 Å². The summed E-state index contributed by atoms with van der Waals surface area (Å²) in [6.07, 6.45) is 6.99. The van der Waals surface area contributed by atoms with E-state index in [4.69, 9.17) is 4.42 Å². The summed E-state index contributed by atoms with van der Waals surface area (Å²) in [4.78, 5) is 35.9. The summed E-state index contributed by atoms with van der Waals surface area (Å²) >= 11 is 0.852. The third kappa shape index (κ3) is 3.47. The Bertz CT molecular complexity index is 675. The number of furan rings is 1. The molecule has 0 unspecified atom stereocenters. The maximum Gasteiger partial charge on any atom is 0.433 e. The Morgan fingerprint density at radius 1 is 1.30 bits per heavy atom. The summed E-state index contributed by atoms with van der Waals surface area (Å²) in [5.41, 5.74) is 0. The van der Waals surface area contributed by atoms with Crippen LogP contribution < -0.4 is 0 Å². The Labute approximate surface area is 136 Å². The number of amides is 2. The maximum absolute atomic E-state index is 12.4. The van der Waals surface area contributed by atoms with E-state index in [9.17, 15) is 19.7 Å². The molecule has 7 nitrogen and oxygen atoms in total. The van der Waals surface area contributed by atoms with Crippen molar-refractivity contribution in [3.8, 4) is 0 Å². The van der Waals surface area contributed by atoms with Gasteiger partial charge in [-0.2, -0.15) is 0 Å². The lowest BCUT2D eigenvalue weighted by Crippen LogP contribution is -2.34. The molecule has 1 aromatic heterocycles. The van der Waals surface area contributed by atoms with Crippen LogP contribution in [-0.2, 0) is 4.79 Å². The van der Waals surface area contributed by atoms with Gasteiger partial charge in [-0.05, 0) is 36.6 Å². The van der Waals surface area contributed by atoms with Gasteiger partial charge in [0.1, 0.15) is 10.7 Å². The molecule has 0 radical (unpaired) electrons. The van der Waals surface area contributed by atoms with Gasteiger partial charge in [0.15, 0.2) is 0 Å². The summed E-state index contributed by atoms with van der Waals surface area (Å²) in [6, 6.07) is 2.63. The van der Waals surface area contributed by atoms with E-state index < -0.39 is 10.8 Å². The van der Waals surface area contributed by atoms with Crippen LogP contribution in [-0.4, -0.2) is 27.5 Å². The molecule has 1 aliphatic carbocycles. The maximum atomic E-state index is 12.4. The SMILES string of the molecule is O=C1S/C(=C/c2ccc([N+](=O)[O-])o2)C(=O)N1CC1CCCCC1. The first-order valence-corrected chi connectivity index (χ1v) is 8.36. The first kappa shape index (κ1) is 15.8. The molecule has 2 aliphatic rings. The molecule has 1 aliphatic heterocycles. The van der Waals surface area contributed by atoms with Crippen LogP contribution in [0.3, 0.4) is 0 Å². The number of rotatable bonds is 4. The van der Waals surface area contributed by atoms with Crippen molar-refractivity contribution in [2.24, 2.45) is 5.92 Å². The van der Waals surface area contributed by atoms with Crippen molar-refractivity contribution >= 4 is 34.9 Å². The molecule has 1 aromatic rings. The minimum Gasteiger partial charge on any atom is -0.401 e. The number of nitro groups is 1. The van der Waals surface area contributed by atoms with Gasteiger partial charge in [-0.3, -0.25) is 24.6 Å². The van der Waals surface area contributed by atoms with Gasteiger partial charge in [0, 0.05) is 12.6 Å². The summed E-state index contributed by atoms with van der Waals surface area (Å²) in [5.74, 6) is -0.163. The molecule has 2 fully saturated rings. The largest absolute Gasteiger partial charge is 0.433 e. The third-order valence-electron chi connectivity index (χ3n) is 4.11. The molecule has 0 bridgehead atoms. The van der Waals surface area contributed by atoms with Crippen LogP contribution in [0.15, 0.2) is 21.5 Å². The fourth-order valence-electron chi connectivity index (χ4n) is 2.93. The second kappa shape index (κ2) is 6.57. The topological polar surface area (TPSA) is 93.7 Å². The van der Waals surface area contributed by atoms with E-state index in [-0.39, 0.29) is 21.8 Å². The number of hydrogen-bond donors (Lipinski definition) is 0. The Morgan fingerprint density at radius 2 is 2.04 bits per heavy atom. The number of carbonyl (C=O) groups is 2. The standard InChI is InChI=1S/C15H16N2O5S/c18-14-12(8-11-6-7-13(22-11)17(20)21)23-15(19)16(14)9-10-4-2-1-3-5-10/h6-8,10H,1-5,9H2/b12-8+. The van der Waals surface area contributed by atoms with Gasteiger partial charge < -0.3 is 4.42 Å². The number of thioether (sulfide) groups is 1. The molecule has 0 aromatic carbocycles. The lowest BCUT2D eigenvalue weighted by atomic mass is 9.89. The fourth-order valence-corrected chi connectivity index (χ4v) is 3.76. The first-order valence-electron chi connectivity index (χ1n) is 7.54. The van der Waals surface area contributed by atoms with Gasteiger partial charge in [-0.1, -0.05) is 19.3 Å². The second-order valence-electron chi connectivity index (χ2n) is 5.73. The summed E-state index contributed by atoms with van der Waals surface area (Å²) < 4.78 is 5.00. The van der Waals surface area contributed by atoms with E-state index in [2.05, 4.69) is 0 Å². The lowest BCUT2D eigenvalue weighted by Gasteiger charge is -2.25. The van der Waals surface area contributed by atoms with Crippen molar-refractivity contribution in [3.05, 3.63) is 32.9 Å². The molecule has 8 heteroatoms. The van der Waals surface area contributed by atoms with Crippen LogP contribution in [0.4, 0.5) is 10.7 Å². The van der Waals surface area contributed by atoms with Gasteiger partial charge in [-0.15, -0.1) is 0 Å². The zero-order valence-corrected chi connectivity index (χ0v) is 13.2. The number of hydrogen-bond acceptors (Lipinski definition) is 6. The number of carbonyl (C=O) groups excluding carboxylic acids is 2. The second-order valence-corrected chi connectivity index (χ2v) is 6.72. The van der Waals surface area contributed by atoms with E-state index in [1.807, 2.05) is 0 Å². The fraction of sp³-hybridized carbons (Fsp3) is 0.467. The minimum absolute atomic E-state index is 0.194. The molecule has 1 saturated carbocycles. The van der Waals surface area contributed by atoms with Crippen LogP contribution >= 0.6 is 11.8 Å². The Balaban J connectivity index is 1.71. The highest BCUT2D eigenvalue weighted by Crippen LogP contribution is 2.35. The molecule has 1 saturated heterocycles. The van der Waals surface area contributed by atoms with E-state index in [1.54, 1.807) is 0 Å². The molecule has 3 rings (SSSR count). The number of imide groups is 1. The molecule has 0 atom stereocenters. The highest BCUT2D eigenvalue weighted by atomic mass is 32.2. The molecule has 2 heterocycles. The van der Waals surface area contributed by atoms with Crippen molar-refractivity contribution in [2.45, 2.75) is 32.1 Å². The predicted molar refractivity (Wildman–Crippen MR) is 84.6 cm³/mol. The molecular weight excluding hydrogens is 320 g/mol.